The normalized spacial score (nSPS) is 17.8. The number of primary amides is 1. The average Bonchev–Trinajstić information content (AvgIpc) is 3.12. The van der Waals surface area contributed by atoms with Gasteiger partial charge in [-0.25, -0.2) is 0 Å². The van der Waals surface area contributed by atoms with Gasteiger partial charge in [-0.1, -0.05) is 12.1 Å². The number of amides is 1. The number of nitrogens with one attached hydrogen (secondary N) is 1. The van der Waals surface area contributed by atoms with E-state index in [0.717, 1.165) is 24.2 Å². The summed E-state index contributed by atoms with van der Waals surface area (Å²) in [5.74, 6) is 0.519. The van der Waals surface area contributed by atoms with Crippen LogP contribution in [0.25, 0.3) is 0 Å². The minimum absolute atomic E-state index is 0.313. The van der Waals surface area contributed by atoms with E-state index in [1.165, 1.54) is 0 Å². The quantitative estimate of drug-likeness (QED) is 0.787. The molecule has 0 saturated heterocycles. The molecule has 1 unspecified atom stereocenters. The van der Waals surface area contributed by atoms with E-state index in [9.17, 15) is 4.79 Å². The van der Waals surface area contributed by atoms with Crippen LogP contribution in [-0.4, -0.2) is 24.1 Å². The van der Waals surface area contributed by atoms with Crippen LogP contribution in [0.1, 0.15) is 31.7 Å². The van der Waals surface area contributed by atoms with Crippen LogP contribution in [0.3, 0.4) is 0 Å². The highest BCUT2D eigenvalue weighted by Gasteiger charge is 2.36. The molecule has 4 nitrogen and oxygen atoms in total. The maximum atomic E-state index is 11.6. The predicted molar refractivity (Wildman–Crippen MR) is 75.0 cm³/mol. The third kappa shape index (κ3) is 3.96. The summed E-state index contributed by atoms with van der Waals surface area (Å²) in [4.78, 5) is 11.6. The molecular weight excluding hydrogens is 240 g/mol. The standard InChI is InChI=1S/C15H22N2O2/c1-11-4-3-5-13(10-11)19-9-8-15(2,14(16)18)17-12-6-7-12/h3-5,10,12,17H,6-9H2,1-2H3,(H2,16,18). The molecule has 104 valence electrons. The van der Waals surface area contributed by atoms with E-state index < -0.39 is 5.54 Å². The van der Waals surface area contributed by atoms with E-state index in [2.05, 4.69) is 5.32 Å². The van der Waals surface area contributed by atoms with E-state index in [1.54, 1.807) is 0 Å². The molecular formula is C15H22N2O2. The van der Waals surface area contributed by atoms with Crippen molar-refractivity contribution in [2.24, 2.45) is 5.73 Å². The topological polar surface area (TPSA) is 64.3 Å². The number of carbonyl (C=O) groups is 1. The third-order valence-corrected chi connectivity index (χ3v) is 3.50. The summed E-state index contributed by atoms with van der Waals surface area (Å²) in [6.07, 6.45) is 2.83. The number of hydrogen-bond donors (Lipinski definition) is 2. The van der Waals surface area contributed by atoms with Gasteiger partial charge in [-0.15, -0.1) is 0 Å². The van der Waals surface area contributed by atoms with E-state index in [1.807, 2.05) is 38.1 Å². The molecule has 1 fully saturated rings. The first-order valence-electron chi connectivity index (χ1n) is 6.77. The van der Waals surface area contributed by atoms with Crippen molar-refractivity contribution in [2.45, 2.75) is 44.7 Å². The Hall–Kier alpha value is -1.55. The molecule has 0 aromatic heterocycles. The first-order chi connectivity index (χ1) is 8.99. The Labute approximate surface area is 114 Å². The lowest BCUT2D eigenvalue weighted by molar-refractivity contribution is -0.124. The van der Waals surface area contributed by atoms with Crippen molar-refractivity contribution in [3.8, 4) is 5.75 Å². The third-order valence-electron chi connectivity index (χ3n) is 3.50. The molecule has 0 heterocycles. The van der Waals surface area contributed by atoms with Crippen molar-refractivity contribution in [1.82, 2.24) is 5.32 Å². The molecule has 1 aliphatic rings. The van der Waals surface area contributed by atoms with Crippen molar-refractivity contribution in [3.05, 3.63) is 29.8 Å². The largest absolute Gasteiger partial charge is 0.494 e. The zero-order valence-corrected chi connectivity index (χ0v) is 11.6. The Morgan fingerprint density at radius 1 is 1.53 bits per heavy atom. The molecule has 1 aromatic rings. The summed E-state index contributed by atoms with van der Waals surface area (Å²) in [6.45, 7) is 4.35. The monoisotopic (exact) mass is 262 g/mol. The van der Waals surface area contributed by atoms with Crippen molar-refractivity contribution in [3.63, 3.8) is 0 Å². The minimum atomic E-state index is -0.676. The second-order valence-corrected chi connectivity index (χ2v) is 5.53. The van der Waals surface area contributed by atoms with Gasteiger partial charge in [-0.3, -0.25) is 4.79 Å². The highest BCUT2D eigenvalue weighted by Crippen LogP contribution is 2.24. The lowest BCUT2D eigenvalue weighted by atomic mass is 9.97. The molecule has 2 rings (SSSR count). The Morgan fingerprint density at radius 2 is 2.26 bits per heavy atom. The smallest absolute Gasteiger partial charge is 0.237 e. The Balaban J connectivity index is 1.86. The van der Waals surface area contributed by atoms with Gasteiger partial charge in [0.25, 0.3) is 0 Å². The summed E-state index contributed by atoms with van der Waals surface area (Å²) >= 11 is 0. The molecule has 19 heavy (non-hydrogen) atoms. The van der Waals surface area contributed by atoms with Crippen LogP contribution >= 0.6 is 0 Å². The summed E-state index contributed by atoms with van der Waals surface area (Å²) in [5.41, 5.74) is 5.98. The number of rotatable bonds is 7. The van der Waals surface area contributed by atoms with Crippen LogP contribution in [0.4, 0.5) is 0 Å². The van der Waals surface area contributed by atoms with Gasteiger partial charge in [0.15, 0.2) is 0 Å². The summed E-state index contributed by atoms with van der Waals surface area (Å²) in [5, 5.41) is 3.31. The molecule has 0 bridgehead atoms. The van der Waals surface area contributed by atoms with Crippen molar-refractivity contribution < 1.29 is 9.53 Å². The zero-order valence-electron chi connectivity index (χ0n) is 11.6. The molecule has 1 aliphatic carbocycles. The number of nitrogens with two attached hydrogens (primary N) is 1. The lowest BCUT2D eigenvalue weighted by Crippen LogP contribution is -2.54. The van der Waals surface area contributed by atoms with Gasteiger partial charge >= 0.3 is 0 Å². The van der Waals surface area contributed by atoms with Crippen LogP contribution in [-0.2, 0) is 4.79 Å². The Kier molecular flexibility index (Phi) is 4.10. The van der Waals surface area contributed by atoms with Crippen molar-refractivity contribution in [1.29, 1.82) is 0 Å². The van der Waals surface area contributed by atoms with E-state index in [-0.39, 0.29) is 5.91 Å². The average molecular weight is 262 g/mol. The first kappa shape index (κ1) is 13.9. The van der Waals surface area contributed by atoms with Crippen LogP contribution in [0.2, 0.25) is 0 Å². The lowest BCUT2D eigenvalue weighted by Gasteiger charge is -2.27. The second-order valence-electron chi connectivity index (χ2n) is 5.53. The fourth-order valence-corrected chi connectivity index (χ4v) is 2.02. The number of carbonyl (C=O) groups excluding carboxylic acids is 1. The van der Waals surface area contributed by atoms with Crippen molar-refractivity contribution in [2.75, 3.05) is 6.61 Å². The molecule has 1 atom stereocenters. The summed E-state index contributed by atoms with van der Waals surface area (Å²) in [7, 11) is 0. The number of ether oxygens (including phenoxy) is 1. The fourth-order valence-electron chi connectivity index (χ4n) is 2.02. The molecule has 3 N–H and O–H groups in total. The molecule has 1 saturated carbocycles. The van der Waals surface area contributed by atoms with Gasteiger partial charge in [0.2, 0.25) is 5.91 Å². The van der Waals surface area contributed by atoms with E-state index >= 15 is 0 Å². The van der Waals surface area contributed by atoms with Gasteiger partial charge < -0.3 is 15.8 Å². The van der Waals surface area contributed by atoms with Crippen LogP contribution < -0.4 is 15.8 Å². The van der Waals surface area contributed by atoms with Crippen LogP contribution in [0.5, 0.6) is 5.75 Å². The van der Waals surface area contributed by atoms with Gasteiger partial charge in [-0.2, -0.15) is 0 Å². The molecule has 4 heteroatoms. The highest BCUT2D eigenvalue weighted by atomic mass is 16.5. The Bertz CT molecular complexity index is 457. The van der Waals surface area contributed by atoms with E-state index in [4.69, 9.17) is 10.5 Å². The zero-order chi connectivity index (χ0) is 13.9. The first-order valence-corrected chi connectivity index (χ1v) is 6.77. The predicted octanol–water partition coefficient (Wildman–Crippen LogP) is 1.76. The minimum Gasteiger partial charge on any atom is -0.494 e. The van der Waals surface area contributed by atoms with Gasteiger partial charge in [0.05, 0.1) is 12.1 Å². The number of benzene rings is 1. The molecule has 1 aromatic carbocycles. The highest BCUT2D eigenvalue weighted by molar-refractivity contribution is 5.84. The van der Waals surface area contributed by atoms with Gasteiger partial charge in [0, 0.05) is 12.5 Å². The molecule has 0 radical (unpaired) electrons. The van der Waals surface area contributed by atoms with Crippen LogP contribution in [0, 0.1) is 6.92 Å². The molecule has 0 spiro atoms. The maximum Gasteiger partial charge on any atom is 0.237 e. The Morgan fingerprint density at radius 3 is 2.84 bits per heavy atom. The van der Waals surface area contributed by atoms with E-state index in [0.29, 0.717) is 19.1 Å². The number of aryl methyl sites for hydroxylation is 1. The van der Waals surface area contributed by atoms with Crippen molar-refractivity contribution >= 4 is 5.91 Å². The second kappa shape index (κ2) is 5.61. The SMILES string of the molecule is Cc1cccc(OCCC(C)(NC2CC2)C(N)=O)c1. The summed E-state index contributed by atoms with van der Waals surface area (Å²) in [6, 6.07) is 8.32. The van der Waals surface area contributed by atoms with Gasteiger partial charge in [-0.05, 0) is 44.4 Å². The van der Waals surface area contributed by atoms with Crippen LogP contribution in [0.15, 0.2) is 24.3 Å². The summed E-state index contributed by atoms with van der Waals surface area (Å²) < 4.78 is 5.69. The van der Waals surface area contributed by atoms with Gasteiger partial charge in [0.1, 0.15) is 5.75 Å². The molecule has 0 aliphatic heterocycles. The molecule has 1 amide bonds. The fraction of sp³-hybridized carbons (Fsp3) is 0.533. The number of hydrogen-bond acceptors (Lipinski definition) is 3. The maximum absolute atomic E-state index is 11.6.